The number of anilines is 1. The summed E-state index contributed by atoms with van der Waals surface area (Å²) in [5.41, 5.74) is 1.87. The first-order valence-electron chi connectivity index (χ1n) is 10.9. The SMILES string of the molecule is COc1cc(CO)ccc1OCC(=O)Nc1nc2c(s1)CCCCCCCCCC2. The maximum atomic E-state index is 12.4. The number of thiazole rings is 1. The van der Waals surface area contributed by atoms with Gasteiger partial charge in [-0.3, -0.25) is 10.1 Å². The van der Waals surface area contributed by atoms with Crippen molar-refractivity contribution in [3.63, 3.8) is 0 Å². The van der Waals surface area contributed by atoms with Gasteiger partial charge in [-0.2, -0.15) is 0 Å². The summed E-state index contributed by atoms with van der Waals surface area (Å²) in [4.78, 5) is 18.4. The predicted molar refractivity (Wildman–Crippen MR) is 119 cm³/mol. The quantitative estimate of drug-likeness (QED) is 0.680. The van der Waals surface area contributed by atoms with Gasteiger partial charge < -0.3 is 14.6 Å². The van der Waals surface area contributed by atoms with Crippen LogP contribution >= 0.6 is 11.3 Å². The number of benzene rings is 1. The van der Waals surface area contributed by atoms with Gasteiger partial charge in [0.1, 0.15) is 0 Å². The van der Waals surface area contributed by atoms with Gasteiger partial charge in [0.15, 0.2) is 23.2 Å². The minimum Gasteiger partial charge on any atom is -0.493 e. The van der Waals surface area contributed by atoms with Gasteiger partial charge in [-0.25, -0.2) is 4.98 Å². The summed E-state index contributed by atoms with van der Waals surface area (Å²) in [7, 11) is 1.53. The highest BCUT2D eigenvalue weighted by Crippen LogP contribution is 2.29. The molecule has 0 spiro atoms. The van der Waals surface area contributed by atoms with Crippen molar-refractivity contribution in [3.05, 3.63) is 34.3 Å². The number of ether oxygens (including phenoxy) is 2. The maximum Gasteiger partial charge on any atom is 0.264 e. The van der Waals surface area contributed by atoms with Crippen LogP contribution in [0.5, 0.6) is 11.5 Å². The zero-order valence-electron chi connectivity index (χ0n) is 17.7. The van der Waals surface area contributed by atoms with Crippen LogP contribution < -0.4 is 14.8 Å². The molecule has 30 heavy (non-hydrogen) atoms. The van der Waals surface area contributed by atoms with E-state index >= 15 is 0 Å². The summed E-state index contributed by atoms with van der Waals surface area (Å²) in [5, 5.41) is 12.8. The van der Waals surface area contributed by atoms with Crippen molar-refractivity contribution in [2.45, 2.75) is 70.8 Å². The summed E-state index contributed by atoms with van der Waals surface area (Å²) in [5.74, 6) is 0.717. The lowest BCUT2D eigenvalue weighted by Crippen LogP contribution is -2.20. The summed E-state index contributed by atoms with van der Waals surface area (Å²) in [6, 6.07) is 5.14. The summed E-state index contributed by atoms with van der Waals surface area (Å²) in [6.45, 7) is -0.203. The first-order chi connectivity index (χ1) is 14.7. The molecule has 0 atom stereocenters. The van der Waals surface area contributed by atoms with E-state index in [0.29, 0.717) is 16.6 Å². The molecule has 0 unspecified atom stereocenters. The molecule has 0 saturated carbocycles. The summed E-state index contributed by atoms with van der Waals surface area (Å²) >= 11 is 1.60. The molecule has 1 aromatic heterocycles. The Balaban J connectivity index is 1.58. The molecule has 7 heteroatoms. The number of aliphatic hydroxyl groups is 1. The lowest BCUT2D eigenvalue weighted by molar-refractivity contribution is -0.118. The Morgan fingerprint density at radius 2 is 1.77 bits per heavy atom. The number of aliphatic hydroxyl groups excluding tert-OH is 1. The van der Waals surface area contributed by atoms with Crippen LogP contribution in [-0.2, 0) is 24.2 Å². The molecule has 0 radical (unpaired) electrons. The van der Waals surface area contributed by atoms with Crippen molar-refractivity contribution in [3.8, 4) is 11.5 Å². The Morgan fingerprint density at radius 3 is 2.47 bits per heavy atom. The van der Waals surface area contributed by atoms with Gasteiger partial charge in [-0.1, -0.05) is 44.6 Å². The molecule has 0 saturated heterocycles. The number of fused-ring (bicyclic) bond motifs is 1. The number of nitrogens with zero attached hydrogens (tertiary/aromatic N) is 1. The van der Waals surface area contributed by atoms with E-state index < -0.39 is 0 Å². The lowest BCUT2D eigenvalue weighted by atomic mass is 10.0. The molecule has 1 aliphatic rings. The van der Waals surface area contributed by atoms with Gasteiger partial charge in [0, 0.05) is 4.88 Å². The molecular weight excluding hydrogens is 400 g/mol. The maximum absolute atomic E-state index is 12.4. The predicted octanol–water partition coefficient (Wildman–Crippen LogP) is 4.88. The molecule has 1 amide bonds. The van der Waals surface area contributed by atoms with E-state index in [-0.39, 0.29) is 19.1 Å². The Kier molecular flexibility index (Phi) is 8.96. The fourth-order valence-corrected chi connectivity index (χ4v) is 4.76. The standard InChI is InChI=1S/C23H32N2O4S/c1-28-20-14-17(15-26)12-13-19(20)29-16-22(27)25-23-24-18-10-8-6-4-2-3-5-7-9-11-21(18)30-23/h12-14,26H,2-11,15-16H2,1H3,(H,24,25,27). The second-order valence-electron chi connectivity index (χ2n) is 7.70. The fourth-order valence-electron chi connectivity index (χ4n) is 3.69. The first kappa shape index (κ1) is 22.6. The molecule has 2 aromatic rings. The minimum absolute atomic E-state index is 0.0775. The number of aryl methyl sites for hydroxylation is 2. The molecule has 0 aliphatic heterocycles. The van der Waals surface area contributed by atoms with Crippen LogP contribution in [0.3, 0.4) is 0 Å². The van der Waals surface area contributed by atoms with E-state index in [9.17, 15) is 9.90 Å². The van der Waals surface area contributed by atoms with E-state index in [4.69, 9.17) is 14.5 Å². The van der Waals surface area contributed by atoms with Gasteiger partial charge in [-0.05, 0) is 43.4 Å². The monoisotopic (exact) mass is 432 g/mol. The van der Waals surface area contributed by atoms with Crippen LogP contribution in [0.25, 0.3) is 0 Å². The van der Waals surface area contributed by atoms with Crippen molar-refractivity contribution in [1.29, 1.82) is 0 Å². The molecular formula is C23H32N2O4S. The van der Waals surface area contributed by atoms with Gasteiger partial charge in [0.05, 0.1) is 19.4 Å². The van der Waals surface area contributed by atoms with E-state index in [2.05, 4.69) is 5.32 Å². The average molecular weight is 433 g/mol. The number of methoxy groups -OCH3 is 1. The molecule has 3 rings (SSSR count). The van der Waals surface area contributed by atoms with Crippen molar-refractivity contribution < 1.29 is 19.4 Å². The number of amides is 1. The fraction of sp³-hybridized carbons (Fsp3) is 0.565. The highest BCUT2D eigenvalue weighted by Gasteiger charge is 2.15. The number of aromatic nitrogens is 1. The number of nitrogens with one attached hydrogen (secondary N) is 1. The van der Waals surface area contributed by atoms with Gasteiger partial charge in [0.25, 0.3) is 5.91 Å². The molecule has 1 aliphatic carbocycles. The molecule has 164 valence electrons. The molecule has 2 N–H and O–H groups in total. The van der Waals surface area contributed by atoms with Crippen LogP contribution in [0.15, 0.2) is 18.2 Å². The summed E-state index contributed by atoms with van der Waals surface area (Å²) in [6.07, 6.45) is 12.2. The lowest BCUT2D eigenvalue weighted by Gasteiger charge is -2.11. The zero-order chi connectivity index (χ0) is 21.2. The molecule has 0 fully saturated rings. The Hall–Kier alpha value is -2.12. The van der Waals surface area contributed by atoms with Gasteiger partial charge in [-0.15, -0.1) is 11.3 Å². The molecule has 1 aromatic carbocycles. The highest BCUT2D eigenvalue weighted by molar-refractivity contribution is 7.15. The normalized spacial score (nSPS) is 15.4. The minimum atomic E-state index is -0.243. The first-order valence-corrected chi connectivity index (χ1v) is 11.7. The molecule has 6 nitrogen and oxygen atoms in total. The second kappa shape index (κ2) is 11.9. The van der Waals surface area contributed by atoms with Gasteiger partial charge in [0.2, 0.25) is 0 Å². The van der Waals surface area contributed by atoms with Crippen molar-refractivity contribution in [2.75, 3.05) is 19.0 Å². The molecule has 0 bridgehead atoms. The number of carbonyl (C=O) groups is 1. The van der Waals surface area contributed by atoms with Crippen LogP contribution in [0.4, 0.5) is 5.13 Å². The third-order valence-electron chi connectivity index (χ3n) is 5.36. The Bertz CT molecular complexity index is 792. The third kappa shape index (κ3) is 6.71. The van der Waals surface area contributed by atoms with E-state index in [1.165, 1.54) is 56.9 Å². The largest absolute Gasteiger partial charge is 0.493 e. The topological polar surface area (TPSA) is 80.7 Å². The Morgan fingerprint density at radius 1 is 1.07 bits per heavy atom. The third-order valence-corrected chi connectivity index (χ3v) is 6.43. The number of rotatable bonds is 6. The van der Waals surface area contributed by atoms with Crippen molar-refractivity contribution >= 4 is 22.4 Å². The smallest absolute Gasteiger partial charge is 0.264 e. The van der Waals surface area contributed by atoms with Crippen LogP contribution in [0, 0.1) is 0 Å². The highest BCUT2D eigenvalue weighted by atomic mass is 32.1. The zero-order valence-corrected chi connectivity index (χ0v) is 18.6. The van der Waals surface area contributed by atoms with Gasteiger partial charge >= 0.3 is 0 Å². The number of hydrogen-bond donors (Lipinski definition) is 2. The second-order valence-corrected chi connectivity index (χ2v) is 8.78. The van der Waals surface area contributed by atoms with Crippen LogP contribution in [0.2, 0.25) is 0 Å². The number of carbonyl (C=O) groups excluding carboxylic acids is 1. The van der Waals surface area contributed by atoms with E-state index in [1.807, 2.05) is 0 Å². The summed E-state index contributed by atoms with van der Waals surface area (Å²) < 4.78 is 10.9. The van der Waals surface area contributed by atoms with Crippen molar-refractivity contribution in [1.82, 2.24) is 4.98 Å². The van der Waals surface area contributed by atoms with Crippen LogP contribution in [-0.4, -0.2) is 29.7 Å². The van der Waals surface area contributed by atoms with Crippen LogP contribution in [0.1, 0.15) is 67.5 Å². The van der Waals surface area contributed by atoms with Crippen molar-refractivity contribution in [2.24, 2.45) is 0 Å². The van der Waals surface area contributed by atoms with E-state index in [1.54, 1.807) is 29.5 Å². The Labute approximate surface area is 182 Å². The average Bonchev–Trinajstić information content (AvgIpc) is 3.13. The van der Waals surface area contributed by atoms with E-state index in [0.717, 1.165) is 30.5 Å². The number of hydrogen-bond acceptors (Lipinski definition) is 6. The molecule has 1 heterocycles.